The molecule has 0 spiro atoms. The molecule has 0 aliphatic carbocycles. The molecule has 10 heteroatoms. The van der Waals surface area contributed by atoms with Crippen LogP contribution in [0.5, 0.6) is 0 Å². The first-order chi connectivity index (χ1) is 9.85. The van der Waals surface area contributed by atoms with Gasteiger partial charge in [0.25, 0.3) is 0 Å². The van der Waals surface area contributed by atoms with Gasteiger partial charge in [0.15, 0.2) is 0 Å². The summed E-state index contributed by atoms with van der Waals surface area (Å²) in [5.74, 6) is 0. The number of hydrogen-bond acceptors (Lipinski definition) is 5. The molecule has 0 bridgehead atoms. The highest BCUT2D eigenvalue weighted by Crippen LogP contribution is 2.27. The monoisotopic (exact) mass is 317 g/mol. The highest BCUT2D eigenvalue weighted by atomic mass is 32.2. The highest BCUT2D eigenvalue weighted by Gasteiger charge is 2.22. The quantitative estimate of drug-likeness (QED) is 0.863. The van der Waals surface area contributed by atoms with E-state index in [4.69, 9.17) is 5.73 Å². The van der Waals surface area contributed by atoms with Gasteiger partial charge >= 0.3 is 6.55 Å². The minimum atomic E-state index is -3.84. The molecule has 0 amide bonds. The number of nitrogens with one attached hydrogen (secondary N) is 1. The number of anilines is 1. The summed E-state index contributed by atoms with van der Waals surface area (Å²) in [4.78, 5) is 3.75. The summed E-state index contributed by atoms with van der Waals surface area (Å²) < 4.78 is 52.1. The number of nitrogens with zero attached hydrogens (tertiary/aromatic N) is 3. The van der Waals surface area contributed by atoms with E-state index in [2.05, 4.69) is 14.8 Å². The van der Waals surface area contributed by atoms with E-state index in [1.54, 1.807) is 6.92 Å². The SMILES string of the molecule is CCNS(=O)(=O)c1cc(N)cnc1-c1cnn(C(F)F)c1. The van der Waals surface area contributed by atoms with Gasteiger partial charge in [-0.15, -0.1) is 0 Å². The molecule has 0 saturated heterocycles. The molecule has 0 aliphatic rings. The maximum absolute atomic E-state index is 12.5. The van der Waals surface area contributed by atoms with Crippen molar-refractivity contribution in [3.63, 3.8) is 0 Å². The second-order valence-corrected chi connectivity index (χ2v) is 5.84. The van der Waals surface area contributed by atoms with E-state index in [0.29, 0.717) is 4.68 Å². The summed E-state index contributed by atoms with van der Waals surface area (Å²) in [5, 5.41) is 3.46. The van der Waals surface area contributed by atoms with Gasteiger partial charge in [0.05, 0.1) is 23.8 Å². The Bertz CT molecular complexity index is 745. The van der Waals surface area contributed by atoms with Gasteiger partial charge in [-0.3, -0.25) is 4.98 Å². The maximum atomic E-state index is 12.5. The van der Waals surface area contributed by atoms with Crippen LogP contribution >= 0.6 is 0 Å². The number of pyridine rings is 1. The number of nitrogen functional groups attached to an aromatic ring is 1. The van der Waals surface area contributed by atoms with Gasteiger partial charge in [-0.1, -0.05) is 6.92 Å². The van der Waals surface area contributed by atoms with Crippen LogP contribution in [-0.4, -0.2) is 29.7 Å². The van der Waals surface area contributed by atoms with Crippen molar-refractivity contribution in [2.75, 3.05) is 12.3 Å². The molecule has 0 saturated carbocycles. The van der Waals surface area contributed by atoms with Gasteiger partial charge in [0, 0.05) is 18.3 Å². The van der Waals surface area contributed by atoms with Crippen LogP contribution in [0, 0.1) is 0 Å². The van der Waals surface area contributed by atoms with Crippen LogP contribution in [0.25, 0.3) is 11.3 Å². The predicted molar refractivity (Wildman–Crippen MR) is 72.0 cm³/mol. The zero-order chi connectivity index (χ0) is 15.6. The third-order valence-corrected chi connectivity index (χ3v) is 4.13. The van der Waals surface area contributed by atoms with Gasteiger partial charge in [-0.25, -0.2) is 17.8 Å². The Morgan fingerprint density at radius 2 is 2.14 bits per heavy atom. The number of rotatable bonds is 5. The summed E-state index contributed by atoms with van der Waals surface area (Å²) in [6.07, 6.45) is 3.39. The van der Waals surface area contributed by atoms with E-state index in [9.17, 15) is 17.2 Å². The Kier molecular flexibility index (Phi) is 4.19. The third kappa shape index (κ3) is 3.16. The van der Waals surface area contributed by atoms with Crippen molar-refractivity contribution in [2.24, 2.45) is 0 Å². The Morgan fingerprint density at radius 3 is 2.71 bits per heavy atom. The maximum Gasteiger partial charge on any atom is 0.333 e. The summed E-state index contributed by atoms with van der Waals surface area (Å²) in [6.45, 7) is -1.03. The van der Waals surface area contributed by atoms with Crippen LogP contribution < -0.4 is 10.5 Å². The van der Waals surface area contributed by atoms with Crippen LogP contribution in [0.1, 0.15) is 13.5 Å². The first-order valence-electron chi connectivity index (χ1n) is 5.93. The lowest BCUT2D eigenvalue weighted by molar-refractivity contribution is 0.0566. The lowest BCUT2D eigenvalue weighted by Gasteiger charge is -2.09. The summed E-state index contributed by atoms with van der Waals surface area (Å²) >= 11 is 0. The number of sulfonamides is 1. The molecule has 3 N–H and O–H groups in total. The van der Waals surface area contributed by atoms with E-state index in [1.165, 1.54) is 12.3 Å². The molecule has 114 valence electrons. The van der Waals surface area contributed by atoms with Gasteiger partial charge in [-0.05, 0) is 6.07 Å². The Hall–Kier alpha value is -2.07. The van der Waals surface area contributed by atoms with Crippen LogP contribution in [0.3, 0.4) is 0 Å². The predicted octanol–water partition coefficient (Wildman–Crippen LogP) is 1.22. The van der Waals surface area contributed by atoms with Crippen LogP contribution in [0.4, 0.5) is 14.5 Å². The number of nitrogens with two attached hydrogens (primary N) is 1. The molecule has 2 rings (SSSR count). The van der Waals surface area contributed by atoms with Gasteiger partial charge in [0.2, 0.25) is 10.0 Å². The molecule has 7 nitrogen and oxygen atoms in total. The van der Waals surface area contributed by atoms with Crippen molar-refractivity contribution in [2.45, 2.75) is 18.4 Å². The molecule has 0 aromatic carbocycles. The highest BCUT2D eigenvalue weighted by molar-refractivity contribution is 7.89. The van der Waals surface area contributed by atoms with Crippen molar-refractivity contribution in [1.29, 1.82) is 0 Å². The first kappa shape index (κ1) is 15.3. The van der Waals surface area contributed by atoms with Crippen molar-refractivity contribution >= 4 is 15.7 Å². The van der Waals surface area contributed by atoms with Crippen LogP contribution in [-0.2, 0) is 10.0 Å². The summed E-state index contributed by atoms with van der Waals surface area (Å²) in [6, 6.07) is 1.22. The van der Waals surface area contributed by atoms with E-state index in [-0.39, 0.29) is 28.4 Å². The largest absolute Gasteiger partial charge is 0.397 e. The molecule has 0 atom stereocenters. The molecule has 2 aromatic heterocycles. The van der Waals surface area contributed by atoms with Crippen molar-refractivity contribution in [1.82, 2.24) is 19.5 Å². The van der Waals surface area contributed by atoms with E-state index in [1.807, 2.05) is 0 Å². The van der Waals surface area contributed by atoms with Crippen LogP contribution in [0.15, 0.2) is 29.6 Å². The fraction of sp³-hybridized carbons (Fsp3) is 0.273. The number of aromatic nitrogens is 3. The smallest absolute Gasteiger partial charge is 0.333 e. The lowest BCUT2D eigenvalue weighted by Crippen LogP contribution is -2.24. The topological polar surface area (TPSA) is 103 Å². The van der Waals surface area contributed by atoms with Gasteiger partial charge in [-0.2, -0.15) is 13.9 Å². The second-order valence-electron chi connectivity index (χ2n) is 4.10. The lowest BCUT2D eigenvalue weighted by atomic mass is 10.2. The second kappa shape index (κ2) is 5.74. The number of alkyl halides is 2. The zero-order valence-electron chi connectivity index (χ0n) is 11.0. The molecule has 0 unspecified atom stereocenters. The Morgan fingerprint density at radius 1 is 1.43 bits per heavy atom. The van der Waals surface area contributed by atoms with E-state index >= 15 is 0 Å². The molecule has 0 aliphatic heterocycles. The minimum Gasteiger partial charge on any atom is -0.397 e. The Labute approximate surface area is 119 Å². The molecule has 0 radical (unpaired) electrons. The Balaban J connectivity index is 2.58. The average Bonchev–Trinajstić information content (AvgIpc) is 2.88. The fourth-order valence-corrected chi connectivity index (χ4v) is 2.97. The van der Waals surface area contributed by atoms with Crippen molar-refractivity contribution < 1.29 is 17.2 Å². The molecule has 2 aromatic rings. The zero-order valence-corrected chi connectivity index (χ0v) is 11.8. The van der Waals surface area contributed by atoms with Gasteiger partial charge < -0.3 is 5.73 Å². The molecular weight excluding hydrogens is 304 g/mol. The van der Waals surface area contributed by atoms with E-state index in [0.717, 1.165) is 12.4 Å². The van der Waals surface area contributed by atoms with Gasteiger partial charge in [0.1, 0.15) is 4.90 Å². The summed E-state index contributed by atoms with van der Waals surface area (Å²) in [5.41, 5.74) is 5.88. The average molecular weight is 317 g/mol. The van der Waals surface area contributed by atoms with Crippen molar-refractivity contribution in [3.8, 4) is 11.3 Å². The van der Waals surface area contributed by atoms with E-state index < -0.39 is 16.6 Å². The molecule has 2 heterocycles. The first-order valence-corrected chi connectivity index (χ1v) is 7.41. The number of halogens is 2. The standard InChI is InChI=1S/C11H13F2N5O2S/c1-2-17-21(19,20)9-3-8(14)5-15-10(9)7-4-16-18(6-7)11(12)13/h3-6,11,17H,2,14H2,1H3. The van der Waals surface area contributed by atoms with Crippen molar-refractivity contribution in [3.05, 3.63) is 24.7 Å². The molecule has 21 heavy (non-hydrogen) atoms. The normalized spacial score (nSPS) is 12.0. The fourth-order valence-electron chi connectivity index (χ4n) is 1.72. The molecule has 0 fully saturated rings. The third-order valence-electron chi connectivity index (χ3n) is 2.57. The summed E-state index contributed by atoms with van der Waals surface area (Å²) in [7, 11) is -3.84. The molecular formula is C11H13F2N5O2S. The van der Waals surface area contributed by atoms with Crippen LogP contribution in [0.2, 0.25) is 0 Å². The number of hydrogen-bond donors (Lipinski definition) is 2. The minimum absolute atomic E-state index is 0.0112.